The van der Waals surface area contributed by atoms with E-state index in [2.05, 4.69) is 10.3 Å². The van der Waals surface area contributed by atoms with E-state index in [1.165, 1.54) is 11.0 Å². The molecule has 0 saturated carbocycles. The smallest absolute Gasteiger partial charge is 0.272 e. The molecule has 7 nitrogen and oxygen atoms in total. The van der Waals surface area contributed by atoms with Crippen molar-refractivity contribution in [2.75, 3.05) is 27.3 Å². The minimum Gasteiger partial charge on any atom is -0.379 e. The van der Waals surface area contributed by atoms with Gasteiger partial charge in [0.2, 0.25) is 5.91 Å². The van der Waals surface area contributed by atoms with Crippen molar-refractivity contribution in [2.45, 2.75) is 39.8 Å². The SMILES string of the molecule is CN(C)C(=O)C(NC(=O)c1nc(-c2ccc(F)c(F)c2)n2c1CCOCC2)C(C)(C)C. The molecule has 1 unspecified atom stereocenters. The Balaban J connectivity index is 2.04. The van der Waals surface area contributed by atoms with E-state index in [-0.39, 0.29) is 11.6 Å². The minimum absolute atomic E-state index is 0.158. The number of hydrogen-bond donors (Lipinski definition) is 1. The van der Waals surface area contributed by atoms with Gasteiger partial charge in [-0.1, -0.05) is 20.8 Å². The maximum Gasteiger partial charge on any atom is 0.272 e. The minimum atomic E-state index is -0.991. The summed E-state index contributed by atoms with van der Waals surface area (Å²) in [4.78, 5) is 31.9. The number of amides is 2. The standard InChI is InChI=1S/C22H28F2N4O3/c1-22(2,3)18(21(30)27(4)5)26-20(29)17-16-8-10-31-11-9-28(16)19(25-17)13-6-7-14(23)15(24)12-13/h6-7,12,18H,8-11H2,1-5H3,(H,26,29). The third kappa shape index (κ3) is 4.76. The van der Waals surface area contributed by atoms with Crippen LogP contribution < -0.4 is 5.32 Å². The Bertz CT molecular complexity index is 995. The van der Waals surface area contributed by atoms with Gasteiger partial charge in [0.15, 0.2) is 11.6 Å². The van der Waals surface area contributed by atoms with E-state index in [1.807, 2.05) is 20.8 Å². The highest BCUT2D eigenvalue weighted by Crippen LogP contribution is 2.27. The molecule has 2 heterocycles. The molecule has 168 valence electrons. The van der Waals surface area contributed by atoms with Crippen LogP contribution in [-0.2, 0) is 22.5 Å². The lowest BCUT2D eigenvalue weighted by Crippen LogP contribution is -2.53. The van der Waals surface area contributed by atoms with E-state index in [1.54, 1.807) is 18.7 Å². The van der Waals surface area contributed by atoms with Crippen LogP contribution >= 0.6 is 0 Å². The molecule has 1 aromatic carbocycles. The summed E-state index contributed by atoms with van der Waals surface area (Å²) in [5, 5.41) is 2.83. The molecule has 1 atom stereocenters. The van der Waals surface area contributed by atoms with Crippen LogP contribution in [0, 0.1) is 17.0 Å². The summed E-state index contributed by atoms with van der Waals surface area (Å²) < 4.78 is 34.6. The van der Waals surface area contributed by atoms with Crippen LogP contribution in [0.4, 0.5) is 8.78 Å². The number of aromatic nitrogens is 2. The molecule has 2 amide bonds. The number of benzene rings is 1. The second-order valence-electron chi connectivity index (χ2n) is 8.88. The van der Waals surface area contributed by atoms with Gasteiger partial charge in [-0.3, -0.25) is 9.59 Å². The lowest BCUT2D eigenvalue weighted by Gasteiger charge is -2.32. The zero-order valence-electron chi connectivity index (χ0n) is 18.5. The quantitative estimate of drug-likeness (QED) is 0.803. The largest absolute Gasteiger partial charge is 0.379 e. The number of nitrogens with one attached hydrogen (secondary N) is 1. The highest BCUT2D eigenvalue weighted by molar-refractivity contribution is 5.97. The molecule has 2 aromatic rings. The van der Waals surface area contributed by atoms with Gasteiger partial charge in [-0.15, -0.1) is 0 Å². The third-order valence-corrected chi connectivity index (χ3v) is 5.24. The van der Waals surface area contributed by atoms with Crippen molar-refractivity contribution in [3.63, 3.8) is 0 Å². The topological polar surface area (TPSA) is 76.5 Å². The van der Waals surface area contributed by atoms with Crippen LogP contribution in [-0.4, -0.2) is 59.6 Å². The fourth-order valence-electron chi connectivity index (χ4n) is 3.55. The van der Waals surface area contributed by atoms with E-state index in [0.717, 1.165) is 12.1 Å². The number of imidazole rings is 1. The van der Waals surface area contributed by atoms with E-state index in [4.69, 9.17) is 4.74 Å². The third-order valence-electron chi connectivity index (χ3n) is 5.24. The van der Waals surface area contributed by atoms with Gasteiger partial charge in [-0.25, -0.2) is 13.8 Å². The van der Waals surface area contributed by atoms with Gasteiger partial charge in [0.25, 0.3) is 5.91 Å². The number of likely N-dealkylation sites (N-methyl/N-ethyl adjacent to an activating group) is 1. The van der Waals surface area contributed by atoms with Gasteiger partial charge >= 0.3 is 0 Å². The normalized spacial score (nSPS) is 15.1. The van der Waals surface area contributed by atoms with E-state index in [0.29, 0.717) is 43.3 Å². The van der Waals surface area contributed by atoms with Crippen LogP contribution in [0.5, 0.6) is 0 Å². The van der Waals surface area contributed by atoms with Crippen molar-refractivity contribution < 1.29 is 23.1 Å². The molecule has 0 bridgehead atoms. The van der Waals surface area contributed by atoms with E-state index in [9.17, 15) is 18.4 Å². The number of carbonyl (C=O) groups excluding carboxylic acids is 2. The first kappa shape index (κ1) is 22.9. The van der Waals surface area contributed by atoms with Crippen molar-refractivity contribution in [3.8, 4) is 11.4 Å². The first-order valence-electron chi connectivity index (χ1n) is 10.1. The molecular weight excluding hydrogens is 406 g/mol. The maximum absolute atomic E-state index is 13.9. The Morgan fingerprint density at radius 2 is 1.90 bits per heavy atom. The molecular formula is C22H28F2N4O3. The number of rotatable bonds is 4. The van der Waals surface area contributed by atoms with Gasteiger partial charge in [-0.05, 0) is 23.6 Å². The number of ether oxygens (including phenoxy) is 1. The van der Waals surface area contributed by atoms with Crippen molar-refractivity contribution in [1.82, 2.24) is 19.8 Å². The number of hydrogen-bond acceptors (Lipinski definition) is 4. The van der Waals surface area contributed by atoms with Gasteiger partial charge in [0.05, 0.1) is 18.9 Å². The number of fused-ring (bicyclic) bond motifs is 1. The average molecular weight is 434 g/mol. The molecule has 0 saturated heterocycles. The summed E-state index contributed by atoms with van der Waals surface area (Å²) in [5.74, 6) is -2.31. The van der Waals surface area contributed by atoms with Crippen LogP contribution in [0.25, 0.3) is 11.4 Å². The summed E-state index contributed by atoms with van der Waals surface area (Å²) in [6, 6.07) is 2.76. The number of nitrogens with zero attached hydrogens (tertiary/aromatic N) is 3. The molecule has 1 aliphatic rings. The number of carbonyl (C=O) groups is 2. The van der Waals surface area contributed by atoms with E-state index < -0.39 is 29.0 Å². The predicted molar refractivity (Wildman–Crippen MR) is 112 cm³/mol. The maximum atomic E-state index is 13.9. The summed E-state index contributed by atoms with van der Waals surface area (Å²) in [5.41, 5.74) is 0.628. The van der Waals surface area contributed by atoms with Crippen LogP contribution in [0.15, 0.2) is 18.2 Å². The average Bonchev–Trinajstić information content (AvgIpc) is 2.88. The fraction of sp³-hybridized carbons (Fsp3) is 0.500. The van der Waals surface area contributed by atoms with Gasteiger partial charge in [0, 0.05) is 32.6 Å². The highest BCUT2D eigenvalue weighted by atomic mass is 19.2. The molecule has 0 aliphatic carbocycles. The lowest BCUT2D eigenvalue weighted by atomic mass is 9.85. The predicted octanol–water partition coefficient (Wildman–Crippen LogP) is 2.63. The first-order chi connectivity index (χ1) is 14.5. The van der Waals surface area contributed by atoms with Crippen molar-refractivity contribution in [2.24, 2.45) is 5.41 Å². The van der Waals surface area contributed by atoms with Gasteiger partial charge < -0.3 is 19.5 Å². The molecule has 0 fully saturated rings. The van der Waals surface area contributed by atoms with Crippen molar-refractivity contribution in [1.29, 1.82) is 0 Å². The number of halogens is 2. The summed E-state index contributed by atoms with van der Waals surface area (Å²) in [6.45, 7) is 6.84. The van der Waals surface area contributed by atoms with Crippen LogP contribution in [0.3, 0.4) is 0 Å². The van der Waals surface area contributed by atoms with Gasteiger partial charge in [0.1, 0.15) is 17.6 Å². The zero-order valence-corrected chi connectivity index (χ0v) is 18.5. The van der Waals surface area contributed by atoms with Crippen molar-refractivity contribution in [3.05, 3.63) is 41.2 Å². The summed E-state index contributed by atoms with van der Waals surface area (Å²) >= 11 is 0. The second kappa shape index (κ2) is 8.74. The van der Waals surface area contributed by atoms with E-state index >= 15 is 0 Å². The molecule has 31 heavy (non-hydrogen) atoms. The molecule has 0 spiro atoms. The Hall–Kier alpha value is -2.81. The Morgan fingerprint density at radius 1 is 1.19 bits per heavy atom. The Labute approximate surface area is 180 Å². The molecule has 1 N–H and O–H groups in total. The zero-order chi connectivity index (χ0) is 22.9. The Morgan fingerprint density at radius 3 is 2.52 bits per heavy atom. The molecule has 1 aromatic heterocycles. The second-order valence-corrected chi connectivity index (χ2v) is 8.88. The summed E-state index contributed by atoms with van der Waals surface area (Å²) in [6.07, 6.45) is 0.432. The summed E-state index contributed by atoms with van der Waals surface area (Å²) in [7, 11) is 3.27. The van der Waals surface area contributed by atoms with Crippen LogP contribution in [0.2, 0.25) is 0 Å². The van der Waals surface area contributed by atoms with Crippen molar-refractivity contribution >= 4 is 11.8 Å². The molecule has 0 radical (unpaired) electrons. The van der Waals surface area contributed by atoms with Gasteiger partial charge in [-0.2, -0.15) is 0 Å². The monoisotopic (exact) mass is 434 g/mol. The molecule has 9 heteroatoms. The lowest BCUT2D eigenvalue weighted by molar-refractivity contribution is -0.133. The Kier molecular flexibility index (Phi) is 6.45. The highest BCUT2D eigenvalue weighted by Gasteiger charge is 2.35. The molecule has 3 rings (SSSR count). The first-order valence-corrected chi connectivity index (χ1v) is 10.1. The molecule has 1 aliphatic heterocycles. The van der Waals surface area contributed by atoms with Crippen LogP contribution in [0.1, 0.15) is 37.0 Å². The fourth-order valence-corrected chi connectivity index (χ4v) is 3.55.